The monoisotopic (exact) mass is 502 g/mol. The zero-order valence-electron chi connectivity index (χ0n) is 21.1. The van der Waals surface area contributed by atoms with Crippen molar-refractivity contribution in [2.45, 2.75) is 38.8 Å². The topological polar surface area (TPSA) is 51.1 Å². The van der Waals surface area contributed by atoms with E-state index in [1.54, 1.807) is 0 Å². The summed E-state index contributed by atoms with van der Waals surface area (Å²) in [6, 6.07) is 27.3. The number of carbonyl (C=O) groups excluding carboxylic acids is 1. The highest BCUT2D eigenvalue weighted by molar-refractivity contribution is 8.14. The molecular formula is C30H34N2O3S. The van der Waals surface area contributed by atoms with Crippen molar-refractivity contribution >= 4 is 28.5 Å². The molecular weight excluding hydrogens is 468 g/mol. The number of thioether (sulfide) groups is 1. The Balaban J connectivity index is 1.36. The maximum Gasteiger partial charge on any atom is 0.305 e. The molecule has 0 aliphatic carbocycles. The van der Waals surface area contributed by atoms with Gasteiger partial charge in [-0.25, -0.2) is 0 Å². The normalized spacial score (nSPS) is 14.8. The molecule has 0 bridgehead atoms. The van der Waals surface area contributed by atoms with E-state index in [-0.39, 0.29) is 12.0 Å². The summed E-state index contributed by atoms with van der Waals surface area (Å²) in [5.41, 5.74) is 4.71. The molecule has 0 N–H and O–H groups in total. The van der Waals surface area contributed by atoms with Crippen LogP contribution in [0.4, 0.5) is 5.69 Å². The molecule has 3 aromatic rings. The summed E-state index contributed by atoms with van der Waals surface area (Å²) < 4.78 is 10.8. The Kier molecular flexibility index (Phi) is 9.45. The number of hydrogen-bond acceptors (Lipinski definition) is 6. The van der Waals surface area contributed by atoms with E-state index in [0.717, 1.165) is 42.1 Å². The summed E-state index contributed by atoms with van der Waals surface area (Å²) in [7, 11) is 1.42. The minimum absolute atomic E-state index is 0.193. The van der Waals surface area contributed by atoms with Gasteiger partial charge < -0.3 is 14.4 Å². The van der Waals surface area contributed by atoms with E-state index < -0.39 is 0 Å². The maximum atomic E-state index is 11.3. The number of esters is 1. The quantitative estimate of drug-likeness (QED) is 0.266. The van der Waals surface area contributed by atoms with Gasteiger partial charge in [0.1, 0.15) is 12.4 Å². The number of nitrogens with zero attached hydrogens (tertiary/aromatic N) is 2. The third-order valence-corrected chi connectivity index (χ3v) is 7.21. The summed E-state index contributed by atoms with van der Waals surface area (Å²) in [4.78, 5) is 18.8. The zero-order valence-corrected chi connectivity index (χ0v) is 21.9. The highest BCUT2D eigenvalue weighted by Crippen LogP contribution is 2.31. The Hall–Kier alpha value is -3.25. The predicted molar refractivity (Wildman–Crippen MR) is 149 cm³/mol. The standard InChI is InChI=1S/C30H34N2O3S/c1-3-18-32(20-29-31-28(22-36-29)25-9-5-4-6-10-25)26-11-7-8-24(19-26)21-35-27-15-12-23(13-16-27)14-17-30(33)34-2/h4-13,15-16,19,28H,3,14,17-18,20-22H2,1-2H3. The second kappa shape index (κ2) is 13.2. The van der Waals surface area contributed by atoms with Crippen LogP contribution in [0.25, 0.3) is 0 Å². The molecule has 4 rings (SSSR count). The first kappa shape index (κ1) is 25.8. The summed E-state index contributed by atoms with van der Waals surface area (Å²) in [5.74, 6) is 1.63. The van der Waals surface area contributed by atoms with Crippen LogP contribution in [0, 0.1) is 0 Å². The van der Waals surface area contributed by atoms with Gasteiger partial charge in [-0.05, 0) is 53.8 Å². The number of ether oxygens (including phenoxy) is 2. The van der Waals surface area contributed by atoms with Crippen LogP contribution < -0.4 is 9.64 Å². The van der Waals surface area contributed by atoms with Crippen LogP contribution in [0.1, 0.15) is 42.5 Å². The smallest absolute Gasteiger partial charge is 0.305 e. The van der Waals surface area contributed by atoms with Crippen molar-refractivity contribution in [3.63, 3.8) is 0 Å². The summed E-state index contributed by atoms with van der Waals surface area (Å²) in [6.45, 7) is 4.53. The molecule has 0 fully saturated rings. The Morgan fingerprint density at radius 1 is 1.03 bits per heavy atom. The van der Waals surface area contributed by atoms with Crippen LogP contribution in [-0.4, -0.2) is 37.0 Å². The molecule has 0 amide bonds. The number of anilines is 1. The van der Waals surface area contributed by atoms with Gasteiger partial charge in [0.25, 0.3) is 0 Å². The van der Waals surface area contributed by atoms with Crippen molar-refractivity contribution in [3.8, 4) is 5.75 Å². The molecule has 1 unspecified atom stereocenters. The molecule has 5 nitrogen and oxygen atoms in total. The molecule has 1 heterocycles. The molecule has 0 aromatic heterocycles. The van der Waals surface area contributed by atoms with Gasteiger partial charge in [0.15, 0.2) is 0 Å². The van der Waals surface area contributed by atoms with Crippen LogP contribution in [-0.2, 0) is 22.6 Å². The molecule has 36 heavy (non-hydrogen) atoms. The van der Waals surface area contributed by atoms with E-state index in [4.69, 9.17) is 14.5 Å². The number of carbonyl (C=O) groups is 1. The van der Waals surface area contributed by atoms with E-state index in [9.17, 15) is 4.79 Å². The van der Waals surface area contributed by atoms with Crippen LogP contribution in [0.3, 0.4) is 0 Å². The average molecular weight is 503 g/mol. The second-order valence-electron chi connectivity index (χ2n) is 8.86. The van der Waals surface area contributed by atoms with Gasteiger partial charge >= 0.3 is 5.97 Å². The van der Waals surface area contributed by atoms with Gasteiger partial charge in [0, 0.05) is 24.4 Å². The van der Waals surface area contributed by atoms with Crippen molar-refractivity contribution in [1.82, 2.24) is 0 Å². The lowest BCUT2D eigenvalue weighted by Gasteiger charge is -2.24. The first-order valence-electron chi connectivity index (χ1n) is 12.5. The lowest BCUT2D eigenvalue weighted by atomic mass is 10.1. The van der Waals surface area contributed by atoms with E-state index in [1.165, 1.54) is 23.4 Å². The molecule has 1 aliphatic rings. The SMILES string of the molecule is CCCN(CC1=NC(c2ccccc2)CS1)c1cccc(COc2ccc(CCC(=O)OC)cc2)c1. The van der Waals surface area contributed by atoms with Crippen molar-refractivity contribution < 1.29 is 14.3 Å². The van der Waals surface area contributed by atoms with E-state index in [0.29, 0.717) is 19.4 Å². The Bertz CT molecular complexity index is 1150. The molecule has 6 heteroatoms. The average Bonchev–Trinajstić information content (AvgIpc) is 3.40. The third kappa shape index (κ3) is 7.37. The minimum Gasteiger partial charge on any atom is -0.489 e. The van der Waals surface area contributed by atoms with Crippen molar-refractivity contribution in [2.24, 2.45) is 4.99 Å². The number of rotatable bonds is 12. The van der Waals surface area contributed by atoms with Crippen LogP contribution in [0.15, 0.2) is 83.9 Å². The molecule has 188 valence electrons. The molecule has 0 spiro atoms. The fourth-order valence-electron chi connectivity index (χ4n) is 4.20. The Morgan fingerprint density at radius 2 is 1.83 bits per heavy atom. The molecule has 1 atom stereocenters. The van der Waals surface area contributed by atoms with E-state index in [2.05, 4.69) is 66.4 Å². The van der Waals surface area contributed by atoms with Crippen LogP contribution in [0.5, 0.6) is 5.75 Å². The van der Waals surface area contributed by atoms with Gasteiger partial charge in [0.05, 0.1) is 24.7 Å². The van der Waals surface area contributed by atoms with Gasteiger partial charge in [-0.2, -0.15) is 0 Å². The Morgan fingerprint density at radius 3 is 2.58 bits per heavy atom. The van der Waals surface area contributed by atoms with Crippen LogP contribution in [0.2, 0.25) is 0 Å². The fourth-order valence-corrected chi connectivity index (χ4v) is 5.27. The minimum atomic E-state index is -0.193. The first-order chi connectivity index (χ1) is 17.6. The lowest BCUT2D eigenvalue weighted by Crippen LogP contribution is -2.29. The largest absolute Gasteiger partial charge is 0.489 e. The van der Waals surface area contributed by atoms with Gasteiger partial charge in [-0.3, -0.25) is 9.79 Å². The number of benzene rings is 3. The molecule has 0 radical (unpaired) electrons. The molecule has 3 aromatic carbocycles. The summed E-state index contributed by atoms with van der Waals surface area (Å²) >= 11 is 1.87. The van der Waals surface area contributed by atoms with Gasteiger partial charge in [0.2, 0.25) is 0 Å². The van der Waals surface area contributed by atoms with Gasteiger partial charge in [-0.1, -0.05) is 61.5 Å². The predicted octanol–water partition coefficient (Wildman–Crippen LogP) is 6.47. The summed E-state index contributed by atoms with van der Waals surface area (Å²) in [6.07, 6.45) is 2.12. The highest BCUT2D eigenvalue weighted by atomic mass is 32.2. The molecule has 1 aliphatic heterocycles. The van der Waals surface area contributed by atoms with Crippen molar-refractivity contribution in [1.29, 1.82) is 0 Å². The molecule has 0 saturated carbocycles. The molecule has 0 saturated heterocycles. The number of hydrogen-bond donors (Lipinski definition) is 0. The van der Waals surface area contributed by atoms with E-state index >= 15 is 0 Å². The van der Waals surface area contributed by atoms with Crippen molar-refractivity contribution in [2.75, 3.05) is 30.9 Å². The fraction of sp³-hybridized carbons (Fsp3) is 0.333. The van der Waals surface area contributed by atoms with Crippen LogP contribution >= 0.6 is 11.8 Å². The highest BCUT2D eigenvalue weighted by Gasteiger charge is 2.21. The number of aryl methyl sites for hydroxylation is 1. The number of methoxy groups -OCH3 is 1. The summed E-state index contributed by atoms with van der Waals surface area (Å²) in [5, 5.41) is 1.20. The number of aliphatic imine (C=N–C) groups is 1. The second-order valence-corrected chi connectivity index (χ2v) is 9.95. The van der Waals surface area contributed by atoms with Gasteiger partial charge in [-0.15, -0.1) is 11.8 Å². The lowest BCUT2D eigenvalue weighted by molar-refractivity contribution is -0.140. The van der Waals surface area contributed by atoms with E-state index in [1.807, 2.05) is 36.0 Å². The third-order valence-electron chi connectivity index (χ3n) is 6.16. The maximum absolute atomic E-state index is 11.3. The zero-order chi connectivity index (χ0) is 25.2. The first-order valence-corrected chi connectivity index (χ1v) is 13.5. The Labute approximate surface area is 218 Å². The van der Waals surface area contributed by atoms with Crippen molar-refractivity contribution in [3.05, 3.63) is 95.6 Å².